The molecule has 7 heteroatoms. The van der Waals surface area contributed by atoms with Crippen molar-refractivity contribution in [3.63, 3.8) is 0 Å². The van der Waals surface area contributed by atoms with Gasteiger partial charge in [0.15, 0.2) is 0 Å². The SMILES string of the molecule is Cc1cc(C(=O)N2CCn3nc([C@@H](C)O)cc3C2)c2ccc(F)cc2n1. The highest BCUT2D eigenvalue weighted by atomic mass is 19.1. The summed E-state index contributed by atoms with van der Waals surface area (Å²) in [6.45, 7) is 4.98. The zero-order valence-corrected chi connectivity index (χ0v) is 14.6. The van der Waals surface area contributed by atoms with Gasteiger partial charge in [-0.3, -0.25) is 14.5 Å². The van der Waals surface area contributed by atoms with E-state index in [9.17, 15) is 14.3 Å². The number of aryl methyl sites for hydroxylation is 1. The minimum Gasteiger partial charge on any atom is -0.387 e. The van der Waals surface area contributed by atoms with E-state index in [-0.39, 0.29) is 11.7 Å². The minimum atomic E-state index is -0.640. The van der Waals surface area contributed by atoms with Gasteiger partial charge in [-0.25, -0.2) is 4.39 Å². The van der Waals surface area contributed by atoms with Crippen molar-refractivity contribution in [2.24, 2.45) is 0 Å². The second-order valence-corrected chi connectivity index (χ2v) is 6.66. The quantitative estimate of drug-likeness (QED) is 0.768. The first-order chi connectivity index (χ1) is 12.4. The van der Waals surface area contributed by atoms with Crippen molar-refractivity contribution in [1.29, 1.82) is 0 Å². The second-order valence-electron chi connectivity index (χ2n) is 6.66. The summed E-state index contributed by atoms with van der Waals surface area (Å²) in [4.78, 5) is 19.2. The van der Waals surface area contributed by atoms with Gasteiger partial charge < -0.3 is 10.0 Å². The molecular weight excluding hydrogens is 335 g/mol. The molecule has 1 amide bonds. The van der Waals surface area contributed by atoms with Crippen LogP contribution >= 0.6 is 0 Å². The molecule has 6 nitrogen and oxygen atoms in total. The highest BCUT2D eigenvalue weighted by molar-refractivity contribution is 6.06. The molecule has 4 rings (SSSR count). The number of amides is 1. The summed E-state index contributed by atoms with van der Waals surface area (Å²) in [5.74, 6) is -0.486. The largest absolute Gasteiger partial charge is 0.387 e. The normalized spacial score (nSPS) is 15.2. The predicted molar refractivity (Wildman–Crippen MR) is 94.0 cm³/mol. The first-order valence-electron chi connectivity index (χ1n) is 8.53. The maximum atomic E-state index is 13.5. The van der Waals surface area contributed by atoms with E-state index in [1.54, 1.807) is 30.9 Å². The number of nitrogens with zero attached hydrogens (tertiary/aromatic N) is 4. The van der Waals surface area contributed by atoms with Gasteiger partial charge in [-0.1, -0.05) is 0 Å². The third-order valence-electron chi connectivity index (χ3n) is 4.66. The highest BCUT2D eigenvalue weighted by Crippen LogP contribution is 2.24. The van der Waals surface area contributed by atoms with Crippen molar-refractivity contribution in [2.75, 3.05) is 6.54 Å². The van der Waals surface area contributed by atoms with Crippen LogP contribution in [0.15, 0.2) is 30.3 Å². The fourth-order valence-corrected chi connectivity index (χ4v) is 3.35. The Hall–Kier alpha value is -2.80. The predicted octanol–water partition coefficient (Wildman–Crippen LogP) is 2.59. The molecule has 0 saturated carbocycles. The van der Waals surface area contributed by atoms with Crippen LogP contribution in [0.2, 0.25) is 0 Å². The molecule has 0 aliphatic carbocycles. The molecule has 1 aliphatic heterocycles. The van der Waals surface area contributed by atoms with E-state index in [0.717, 1.165) is 5.69 Å². The van der Waals surface area contributed by atoms with Crippen LogP contribution in [0.5, 0.6) is 0 Å². The number of fused-ring (bicyclic) bond motifs is 2. The lowest BCUT2D eigenvalue weighted by molar-refractivity contribution is 0.0707. The molecule has 1 N–H and O–H groups in total. The Morgan fingerprint density at radius 2 is 2.08 bits per heavy atom. The Morgan fingerprint density at radius 1 is 1.27 bits per heavy atom. The van der Waals surface area contributed by atoms with Crippen molar-refractivity contribution >= 4 is 16.8 Å². The summed E-state index contributed by atoms with van der Waals surface area (Å²) < 4.78 is 15.4. The summed E-state index contributed by atoms with van der Waals surface area (Å²) in [6, 6.07) is 7.87. The molecule has 1 atom stereocenters. The third-order valence-corrected chi connectivity index (χ3v) is 4.66. The number of aliphatic hydroxyl groups is 1. The average Bonchev–Trinajstić information content (AvgIpc) is 3.03. The van der Waals surface area contributed by atoms with Crippen LogP contribution in [0, 0.1) is 12.7 Å². The van der Waals surface area contributed by atoms with Crippen LogP contribution in [0.25, 0.3) is 10.9 Å². The van der Waals surface area contributed by atoms with Crippen LogP contribution in [0.4, 0.5) is 4.39 Å². The Morgan fingerprint density at radius 3 is 2.85 bits per heavy atom. The molecular formula is C19H19FN4O2. The molecule has 1 aliphatic rings. The number of hydrogen-bond acceptors (Lipinski definition) is 4. The first-order valence-corrected chi connectivity index (χ1v) is 8.53. The van der Waals surface area contributed by atoms with E-state index in [2.05, 4.69) is 10.1 Å². The molecule has 0 unspecified atom stereocenters. The topological polar surface area (TPSA) is 71.2 Å². The number of aliphatic hydroxyl groups excluding tert-OH is 1. The Labute approximate surface area is 149 Å². The molecule has 134 valence electrons. The third kappa shape index (κ3) is 2.84. The van der Waals surface area contributed by atoms with Crippen LogP contribution < -0.4 is 0 Å². The van der Waals surface area contributed by atoms with Gasteiger partial charge in [0.25, 0.3) is 5.91 Å². The molecule has 0 saturated heterocycles. The van der Waals surface area contributed by atoms with Gasteiger partial charge >= 0.3 is 0 Å². The Kier molecular flexibility index (Phi) is 3.96. The lowest BCUT2D eigenvalue weighted by Gasteiger charge is -2.28. The molecule has 0 spiro atoms. The van der Waals surface area contributed by atoms with Crippen LogP contribution in [0.3, 0.4) is 0 Å². The number of benzene rings is 1. The number of halogens is 1. The van der Waals surface area contributed by atoms with Crippen molar-refractivity contribution in [1.82, 2.24) is 19.7 Å². The first kappa shape index (κ1) is 16.7. The van der Waals surface area contributed by atoms with Gasteiger partial charge in [-0.15, -0.1) is 0 Å². The average molecular weight is 354 g/mol. The van der Waals surface area contributed by atoms with Crippen LogP contribution in [-0.4, -0.2) is 37.2 Å². The van der Waals surface area contributed by atoms with Gasteiger partial charge in [0.1, 0.15) is 5.82 Å². The van der Waals surface area contributed by atoms with E-state index < -0.39 is 6.10 Å². The minimum absolute atomic E-state index is 0.113. The monoisotopic (exact) mass is 354 g/mol. The van der Waals surface area contributed by atoms with Gasteiger partial charge in [-0.2, -0.15) is 5.10 Å². The number of pyridine rings is 1. The maximum absolute atomic E-state index is 13.5. The number of carbonyl (C=O) groups is 1. The number of carbonyl (C=O) groups excluding carboxylic acids is 1. The zero-order chi connectivity index (χ0) is 18.4. The summed E-state index contributed by atoms with van der Waals surface area (Å²) >= 11 is 0. The summed E-state index contributed by atoms with van der Waals surface area (Å²) in [7, 11) is 0. The standard InChI is InChI=1S/C19H19FN4O2/c1-11-7-16(15-4-3-13(20)8-18(15)21-11)19(26)23-5-6-24-14(10-23)9-17(22-24)12(2)25/h3-4,7-9,12,25H,5-6,10H2,1-2H3/t12-/m1/s1. The lowest BCUT2D eigenvalue weighted by atomic mass is 10.1. The van der Waals surface area contributed by atoms with Gasteiger partial charge in [0, 0.05) is 23.7 Å². The number of rotatable bonds is 2. The fraction of sp³-hybridized carbons (Fsp3) is 0.316. The summed E-state index contributed by atoms with van der Waals surface area (Å²) in [5.41, 5.74) is 3.17. The van der Waals surface area contributed by atoms with E-state index in [4.69, 9.17) is 0 Å². The molecule has 1 aromatic carbocycles. The second kappa shape index (κ2) is 6.17. The van der Waals surface area contributed by atoms with Gasteiger partial charge in [0.05, 0.1) is 41.7 Å². The molecule has 26 heavy (non-hydrogen) atoms. The van der Waals surface area contributed by atoms with Crippen molar-refractivity contribution in [3.8, 4) is 0 Å². The molecule has 3 heterocycles. The summed E-state index contributed by atoms with van der Waals surface area (Å²) in [5, 5.41) is 14.7. The Balaban J connectivity index is 1.69. The molecule has 0 bridgehead atoms. The zero-order valence-electron chi connectivity index (χ0n) is 14.6. The van der Waals surface area contributed by atoms with Crippen molar-refractivity contribution in [3.05, 3.63) is 58.8 Å². The molecule has 3 aromatic rings. The maximum Gasteiger partial charge on any atom is 0.255 e. The van der Waals surface area contributed by atoms with E-state index in [1.165, 1.54) is 12.1 Å². The smallest absolute Gasteiger partial charge is 0.255 e. The molecule has 0 fully saturated rings. The van der Waals surface area contributed by atoms with Gasteiger partial charge in [0.2, 0.25) is 0 Å². The van der Waals surface area contributed by atoms with Crippen LogP contribution in [-0.2, 0) is 13.1 Å². The molecule has 0 radical (unpaired) electrons. The van der Waals surface area contributed by atoms with Crippen molar-refractivity contribution < 1.29 is 14.3 Å². The van der Waals surface area contributed by atoms with E-state index >= 15 is 0 Å². The number of aromatic nitrogens is 3. The van der Waals surface area contributed by atoms with Crippen molar-refractivity contribution in [2.45, 2.75) is 33.0 Å². The summed E-state index contributed by atoms with van der Waals surface area (Å²) in [6.07, 6.45) is -0.640. The van der Waals surface area contributed by atoms with Crippen LogP contribution in [0.1, 0.15) is 40.5 Å². The van der Waals surface area contributed by atoms with Gasteiger partial charge in [-0.05, 0) is 38.1 Å². The lowest BCUT2D eigenvalue weighted by Crippen LogP contribution is -2.38. The fourth-order valence-electron chi connectivity index (χ4n) is 3.35. The highest BCUT2D eigenvalue weighted by Gasteiger charge is 2.25. The molecule has 2 aromatic heterocycles. The number of hydrogen-bond donors (Lipinski definition) is 1. The Bertz CT molecular complexity index is 1010. The van der Waals surface area contributed by atoms with E-state index in [0.29, 0.717) is 47.5 Å². The van der Waals surface area contributed by atoms with E-state index in [1.807, 2.05) is 10.7 Å².